The molecular weight excluding hydrogens is 444 g/mol. The summed E-state index contributed by atoms with van der Waals surface area (Å²) >= 11 is 0.852. The number of carbonyl (C=O) groups is 1. The van der Waals surface area contributed by atoms with Gasteiger partial charge in [-0.25, -0.2) is 27.3 Å². The van der Waals surface area contributed by atoms with Crippen molar-refractivity contribution in [3.63, 3.8) is 0 Å². The van der Waals surface area contributed by atoms with Crippen LogP contribution in [0.3, 0.4) is 0 Å². The van der Waals surface area contributed by atoms with Crippen LogP contribution in [0.15, 0.2) is 40.6 Å². The maximum absolute atomic E-state index is 14.1. The van der Waals surface area contributed by atoms with Crippen molar-refractivity contribution in [3.8, 4) is 11.1 Å². The van der Waals surface area contributed by atoms with E-state index in [1.54, 1.807) is 19.2 Å². The summed E-state index contributed by atoms with van der Waals surface area (Å²) in [5.74, 6) is -1.61. The first-order chi connectivity index (χ1) is 14.5. The SMILES string of the molecule is Cc1nc(N(C)C(=O)[C@@H]2Cc3ccc(-c4cc(F)ccc4F)cc3C2)sc1S(N)(=O)=O. The van der Waals surface area contributed by atoms with Gasteiger partial charge in [0.2, 0.25) is 15.9 Å². The van der Waals surface area contributed by atoms with E-state index in [1.807, 2.05) is 6.07 Å². The lowest BCUT2D eigenvalue weighted by atomic mass is 10.00. The number of sulfonamides is 1. The molecule has 0 spiro atoms. The van der Waals surface area contributed by atoms with E-state index in [0.717, 1.165) is 40.7 Å². The van der Waals surface area contributed by atoms with Crippen LogP contribution in [-0.2, 0) is 27.7 Å². The Morgan fingerprint density at radius 2 is 1.87 bits per heavy atom. The van der Waals surface area contributed by atoms with Crippen molar-refractivity contribution in [1.82, 2.24) is 4.98 Å². The molecule has 10 heteroatoms. The number of thiazole rings is 1. The number of hydrogen-bond acceptors (Lipinski definition) is 5. The summed E-state index contributed by atoms with van der Waals surface area (Å²) in [4.78, 5) is 18.6. The molecule has 1 atom stereocenters. The number of anilines is 1. The van der Waals surface area contributed by atoms with E-state index in [4.69, 9.17) is 5.14 Å². The predicted octanol–water partition coefficient (Wildman–Crippen LogP) is 3.42. The van der Waals surface area contributed by atoms with Crippen LogP contribution < -0.4 is 10.0 Å². The molecule has 0 unspecified atom stereocenters. The maximum atomic E-state index is 14.1. The third kappa shape index (κ3) is 4.10. The number of nitrogens with two attached hydrogens (primary N) is 1. The Labute approximate surface area is 182 Å². The van der Waals surface area contributed by atoms with Crippen molar-refractivity contribution in [2.45, 2.75) is 24.0 Å². The van der Waals surface area contributed by atoms with E-state index in [1.165, 1.54) is 11.8 Å². The second-order valence-electron chi connectivity index (χ2n) is 7.52. The van der Waals surface area contributed by atoms with Crippen LogP contribution >= 0.6 is 11.3 Å². The minimum absolute atomic E-state index is 0.0707. The fourth-order valence-corrected chi connectivity index (χ4v) is 5.74. The first-order valence-corrected chi connectivity index (χ1v) is 11.8. The van der Waals surface area contributed by atoms with Crippen LogP contribution in [0, 0.1) is 24.5 Å². The van der Waals surface area contributed by atoms with E-state index in [-0.39, 0.29) is 32.4 Å². The van der Waals surface area contributed by atoms with Crippen LogP contribution in [0.5, 0.6) is 0 Å². The molecule has 162 valence electrons. The molecule has 1 aromatic heterocycles. The Bertz CT molecular complexity index is 1310. The third-order valence-electron chi connectivity index (χ3n) is 5.35. The summed E-state index contributed by atoms with van der Waals surface area (Å²) in [7, 11) is -2.37. The van der Waals surface area contributed by atoms with Crippen molar-refractivity contribution >= 4 is 32.4 Å². The second-order valence-corrected chi connectivity index (χ2v) is 10.3. The predicted molar refractivity (Wildman–Crippen MR) is 114 cm³/mol. The fourth-order valence-electron chi connectivity index (χ4n) is 3.82. The molecule has 6 nitrogen and oxygen atoms in total. The molecule has 0 radical (unpaired) electrons. The number of hydrogen-bond donors (Lipinski definition) is 1. The van der Waals surface area contributed by atoms with Gasteiger partial charge in [-0.2, -0.15) is 0 Å². The maximum Gasteiger partial charge on any atom is 0.249 e. The Hall–Kier alpha value is -2.69. The van der Waals surface area contributed by atoms with E-state index in [0.29, 0.717) is 18.4 Å². The molecule has 2 N–H and O–H groups in total. The number of primary sulfonamides is 1. The number of carbonyl (C=O) groups excluding carboxylic acids is 1. The summed E-state index contributed by atoms with van der Waals surface area (Å²) < 4.78 is 50.9. The first-order valence-electron chi connectivity index (χ1n) is 9.39. The van der Waals surface area contributed by atoms with Crippen molar-refractivity contribution in [1.29, 1.82) is 0 Å². The zero-order chi connectivity index (χ0) is 22.5. The molecule has 0 saturated heterocycles. The number of aryl methyl sites for hydroxylation is 1. The van der Waals surface area contributed by atoms with Crippen molar-refractivity contribution in [2.75, 3.05) is 11.9 Å². The Kier molecular flexibility index (Phi) is 5.40. The number of benzene rings is 2. The molecule has 1 aliphatic carbocycles. The summed E-state index contributed by atoms with van der Waals surface area (Å²) in [5, 5.41) is 5.45. The topological polar surface area (TPSA) is 93.4 Å². The number of amides is 1. The molecule has 0 saturated carbocycles. The minimum atomic E-state index is -3.91. The highest BCUT2D eigenvalue weighted by molar-refractivity contribution is 7.91. The van der Waals surface area contributed by atoms with Crippen LogP contribution in [0.4, 0.5) is 13.9 Å². The number of nitrogens with zero attached hydrogens (tertiary/aromatic N) is 2. The van der Waals surface area contributed by atoms with Crippen LogP contribution in [0.25, 0.3) is 11.1 Å². The average Bonchev–Trinajstić information content (AvgIpc) is 3.31. The molecule has 0 bridgehead atoms. The Morgan fingerprint density at radius 3 is 2.55 bits per heavy atom. The standard InChI is InChI=1S/C21H19F2N3O3S2/c1-11-20(31(24,28)29)30-21(25-11)26(2)19(27)15-7-12-3-4-13(8-14(12)9-15)17-10-16(22)5-6-18(17)23/h3-6,8,10,15H,7,9H2,1-2H3,(H2,24,28,29)/t15-/m1/s1. The molecule has 2 aromatic carbocycles. The van der Waals surface area contributed by atoms with Gasteiger partial charge in [0.15, 0.2) is 9.34 Å². The third-order valence-corrected chi connectivity index (χ3v) is 8.13. The second kappa shape index (κ2) is 7.77. The van der Waals surface area contributed by atoms with Gasteiger partial charge in [0.1, 0.15) is 11.6 Å². The monoisotopic (exact) mass is 463 g/mol. The fraction of sp³-hybridized carbons (Fsp3) is 0.238. The lowest BCUT2D eigenvalue weighted by Crippen LogP contribution is -2.33. The zero-order valence-electron chi connectivity index (χ0n) is 16.7. The molecule has 0 fully saturated rings. The Balaban J connectivity index is 1.56. The highest BCUT2D eigenvalue weighted by Gasteiger charge is 2.32. The lowest BCUT2D eigenvalue weighted by molar-refractivity contribution is -0.121. The summed E-state index contributed by atoms with van der Waals surface area (Å²) in [5.41, 5.74) is 2.83. The highest BCUT2D eigenvalue weighted by Crippen LogP contribution is 2.35. The molecule has 3 aromatic rings. The van der Waals surface area contributed by atoms with Gasteiger partial charge in [-0.05, 0) is 54.7 Å². The van der Waals surface area contributed by atoms with Crippen molar-refractivity contribution < 1.29 is 22.0 Å². The van der Waals surface area contributed by atoms with Gasteiger partial charge in [-0.15, -0.1) is 0 Å². The molecule has 31 heavy (non-hydrogen) atoms. The molecule has 1 heterocycles. The van der Waals surface area contributed by atoms with E-state index >= 15 is 0 Å². The lowest BCUT2D eigenvalue weighted by Gasteiger charge is -2.18. The summed E-state index contributed by atoms with van der Waals surface area (Å²) in [6, 6.07) is 8.64. The number of aromatic nitrogens is 1. The molecule has 1 aliphatic rings. The molecule has 1 amide bonds. The number of fused-ring (bicyclic) bond motifs is 1. The van der Waals surface area contributed by atoms with E-state index < -0.39 is 21.7 Å². The van der Waals surface area contributed by atoms with E-state index in [9.17, 15) is 22.0 Å². The van der Waals surface area contributed by atoms with Gasteiger partial charge in [0.25, 0.3) is 0 Å². The van der Waals surface area contributed by atoms with Crippen LogP contribution in [-0.4, -0.2) is 26.4 Å². The van der Waals surface area contributed by atoms with Crippen molar-refractivity contribution in [2.24, 2.45) is 11.1 Å². The quantitative estimate of drug-likeness (QED) is 0.642. The van der Waals surface area contributed by atoms with Gasteiger partial charge >= 0.3 is 0 Å². The van der Waals surface area contributed by atoms with Gasteiger partial charge in [0, 0.05) is 18.5 Å². The average molecular weight is 464 g/mol. The molecule has 4 rings (SSSR count). The van der Waals surface area contributed by atoms with Gasteiger partial charge in [0.05, 0.1) is 5.69 Å². The Morgan fingerprint density at radius 1 is 1.16 bits per heavy atom. The zero-order valence-corrected chi connectivity index (χ0v) is 18.4. The number of rotatable bonds is 4. The van der Waals surface area contributed by atoms with Gasteiger partial charge in [-0.1, -0.05) is 29.5 Å². The van der Waals surface area contributed by atoms with Crippen LogP contribution in [0.2, 0.25) is 0 Å². The summed E-state index contributed by atoms with van der Waals surface area (Å²) in [6.07, 6.45) is 0.937. The largest absolute Gasteiger partial charge is 0.291 e. The first kappa shape index (κ1) is 21.5. The molecular formula is C21H19F2N3O3S2. The summed E-state index contributed by atoms with van der Waals surface area (Å²) in [6.45, 7) is 1.52. The minimum Gasteiger partial charge on any atom is -0.291 e. The van der Waals surface area contributed by atoms with Crippen molar-refractivity contribution in [3.05, 3.63) is 64.9 Å². The van der Waals surface area contributed by atoms with Gasteiger partial charge in [-0.3, -0.25) is 9.69 Å². The highest BCUT2D eigenvalue weighted by atomic mass is 32.2. The normalized spacial score (nSPS) is 15.7. The van der Waals surface area contributed by atoms with Crippen LogP contribution in [0.1, 0.15) is 16.8 Å². The van der Waals surface area contributed by atoms with E-state index in [2.05, 4.69) is 4.98 Å². The smallest absolute Gasteiger partial charge is 0.249 e. The molecule has 0 aliphatic heterocycles. The van der Waals surface area contributed by atoms with Gasteiger partial charge < -0.3 is 0 Å². The number of halogens is 2.